The average Bonchev–Trinajstić information content (AvgIpc) is 3.87. The highest BCUT2D eigenvalue weighted by molar-refractivity contribution is 5.99. The predicted molar refractivity (Wildman–Crippen MR) is 326 cm³/mol. The normalized spacial score (nSPS) is 15.5. The largest absolute Gasteiger partial charge is 0.481 e. The lowest BCUT2D eigenvalue weighted by molar-refractivity contribution is -0.141. The van der Waals surface area contributed by atoms with Crippen LogP contribution in [0.5, 0.6) is 0 Å². The van der Waals surface area contributed by atoms with Crippen LogP contribution in [-0.2, 0) is 70.4 Å². The first kappa shape index (κ1) is 73.5. The molecule has 88 heavy (non-hydrogen) atoms. The summed E-state index contributed by atoms with van der Waals surface area (Å²) in [4.78, 5) is 166. The SMILES string of the molecule is CC(C)C[C@H](NC(=O)CNC(=O)[C@H](CC(C)C)NC(=O)[C@H](Cc1ccccc1)NC(=O)[C@H](CCCN=C(N)N)NC(=O)[C@H](CC(=O)O)NC(=O)[C@H](CCCCN)NC(=O)[C@H](CCCCN)NC(=O)[C@@H]1CCC(=O)N1)C(=O)N[C@@H](Cc1ccccc1)C(N)=O. The quantitative estimate of drug-likeness (QED) is 0.0181. The van der Waals surface area contributed by atoms with Crippen LogP contribution in [0.15, 0.2) is 65.7 Å². The summed E-state index contributed by atoms with van der Waals surface area (Å²) < 4.78 is 0. The molecule has 0 aromatic heterocycles. The second-order valence-electron chi connectivity index (χ2n) is 22.6. The third-order valence-electron chi connectivity index (χ3n) is 14.0. The van der Waals surface area contributed by atoms with Crippen LogP contribution in [0.25, 0.3) is 0 Å². The van der Waals surface area contributed by atoms with Crippen molar-refractivity contribution >= 4 is 76.9 Å². The molecule has 0 radical (unpaired) electrons. The number of carbonyl (C=O) groups excluding carboxylic acids is 11. The van der Waals surface area contributed by atoms with Crippen molar-refractivity contribution in [1.82, 2.24) is 53.2 Å². The van der Waals surface area contributed by atoms with Crippen molar-refractivity contribution in [3.8, 4) is 0 Å². The van der Waals surface area contributed by atoms with E-state index in [4.69, 9.17) is 28.7 Å². The van der Waals surface area contributed by atoms with Gasteiger partial charge in [-0.1, -0.05) is 88.4 Å². The summed E-state index contributed by atoms with van der Waals surface area (Å²) in [5.74, 6) is -10.8. The fraction of sp³-hybridized carbons (Fsp3) is 0.576. The van der Waals surface area contributed by atoms with E-state index in [1.54, 1.807) is 74.5 Å². The van der Waals surface area contributed by atoms with E-state index in [2.05, 4.69) is 58.2 Å². The third kappa shape index (κ3) is 28.2. The molecule has 9 atom stereocenters. The molecular weight excluding hydrogens is 1140 g/mol. The summed E-state index contributed by atoms with van der Waals surface area (Å²) in [6.07, 6.45) is 0.959. The lowest BCUT2D eigenvalue weighted by Crippen LogP contribution is -2.60. The van der Waals surface area contributed by atoms with Crippen molar-refractivity contribution in [2.45, 2.75) is 178 Å². The maximum absolute atomic E-state index is 14.6. The van der Waals surface area contributed by atoms with Gasteiger partial charge in [-0.2, -0.15) is 0 Å². The van der Waals surface area contributed by atoms with E-state index in [1.165, 1.54) is 0 Å². The number of hydrogen-bond donors (Lipinski definition) is 16. The van der Waals surface area contributed by atoms with Gasteiger partial charge in [0, 0.05) is 25.8 Å². The molecule has 0 spiro atoms. The molecule has 21 N–H and O–H groups in total. The monoisotopic (exact) mass is 1230 g/mol. The third-order valence-corrected chi connectivity index (χ3v) is 14.0. The molecule has 486 valence electrons. The minimum absolute atomic E-state index is 0.0374. The number of unbranched alkanes of at least 4 members (excludes halogenated alkanes) is 2. The zero-order chi connectivity index (χ0) is 65.3. The molecule has 1 heterocycles. The smallest absolute Gasteiger partial charge is 0.305 e. The average molecular weight is 1230 g/mol. The molecule has 2 aromatic rings. The Kier molecular flexibility index (Phi) is 32.7. The number of carbonyl (C=O) groups is 12. The van der Waals surface area contributed by atoms with Crippen LogP contribution < -0.4 is 81.8 Å². The Morgan fingerprint density at radius 3 is 1.42 bits per heavy atom. The summed E-state index contributed by atoms with van der Waals surface area (Å²) in [5, 5.41) is 35.9. The minimum Gasteiger partial charge on any atom is -0.481 e. The standard InChI is InChI=1S/C59H92N16O13/c1-34(2)28-43(51(81)66-33-48(77)68-44(29-35(3)4)56(86)72-42(50(62)80)30-36-16-7-5-8-17-36)73-57(87)45(31-37-18-9-6-10-19-37)74-54(84)40(22-15-27-65-59(63)64)71-58(88)46(32-49(78)79)75-53(83)39(21-12-14-26-61)69-52(82)38(20-11-13-25-60)70-55(85)41-23-24-47(76)67-41/h5-10,16-19,34-35,38-46H,11-15,20-33,60-61H2,1-4H3,(H2,62,80)(H,66,81)(H,67,76)(H,68,77)(H,69,82)(H,70,85)(H,71,88)(H,72,86)(H,73,87)(H,74,84)(H,75,83)(H,78,79)(H4,63,64,65)/t38-,39-,40-,41-,42-,43-,44-,45-,46-/m0/s1. The number of carboxylic acids is 1. The molecule has 1 aliphatic heterocycles. The molecule has 11 amide bonds. The molecule has 0 saturated carbocycles. The lowest BCUT2D eigenvalue weighted by Gasteiger charge is -2.28. The Balaban J connectivity index is 1.89. The number of benzene rings is 2. The van der Waals surface area contributed by atoms with Gasteiger partial charge in [-0.3, -0.25) is 62.5 Å². The summed E-state index contributed by atoms with van der Waals surface area (Å²) in [6, 6.07) is 5.51. The summed E-state index contributed by atoms with van der Waals surface area (Å²) in [5.41, 5.74) is 29.5. The second-order valence-corrected chi connectivity index (χ2v) is 22.6. The van der Waals surface area contributed by atoms with Gasteiger partial charge in [0.05, 0.1) is 13.0 Å². The van der Waals surface area contributed by atoms with Gasteiger partial charge in [0.1, 0.15) is 54.4 Å². The number of guanidine groups is 1. The predicted octanol–water partition coefficient (Wildman–Crippen LogP) is -2.89. The summed E-state index contributed by atoms with van der Waals surface area (Å²) in [6.45, 7) is 7.05. The van der Waals surface area contributed by atoms with Gasteiger partial charge in [0.25, 0.3) is 0 Å². The van der Waals surface area contributed by atoms with Crippen LogP contribution in [-0.4, -0.2) is 163 Å². The van der Waals surface area contributed by atoms with E-state index in [0.717, 1.165) is 5.56 Å². The molecule has 1 fully saturated rings. The first-order chi connectivity index (χ1) is 41.8. The van der Waals surface area contributed by atoms with Crippen molar-refractivity contribution in [3.63, 3.8) is 0 Å². The van der Waals surface area contributed by atoms with Crippen molar-refractivity contribution < 1.29 is 62.6 Å². The Labute approximate surface area is 512 Å². The zero-order valence-corrected chi connectivity index (χ0v) is 50.7. The van der Waals surface area contributed by atoms with Crippen LogP contribution >= 0.6 is 0 Å². The molecule has 2 aromatic carbocycles. The fourth-order valence-electron chi connectivity index (χ4n) is 9.47. The minimum atomic E-state index is -1.86. The maximum Gasteiger partial charge on any atom is 0.305 e. The van der Waals surface area contributed by atoms with Gasteiger partial charge in [-0.05, 0) is 107 Å². The number of nitrogens with one attached hydrogen (secondary N) is 10. The molecule has 29 nitrogen and oxygen atoms in total. The van der Waals surface area contributed by atoms with E-state index in [0.29, 0.717) is 24.8 Å². The molecule has 3 rings (SSSR count). The Morgan fingerprint density at radius 2 is 0.955 bits per heavy atom. The Morgan fingerprint density at radius 1 is 0.534 bits per heavy atom. The number of aliphatic carboxylic acids is 1. The van der Waals surface area contributed by atoms with Gasteiger partial charge in [-0.25, -0.2) is 0 Å². The number of aliphatic imine (C=N–C) groups is 1. The Hall–Kier alpha value is -8.73. The highest BCUT2D eigenvalue weighted by Crippen LogP contribution is 2.14. The first-order valence-corrected chi connectivity index (χ1v) is 29.8. The number of carboxylic acid groups (broad SMARTS) is 1. The van der Waals surface area contributed by atoms with E-state index < -0.39 is 132 Å². The van der Waals surface area contributed by atoms with Crippen LogP contribution in [0.4, 0.5) is 0 Å². The van der Waals surface area contributed by atoms with Crippen LogP contribution in [0.1, 0.15) is 122 Å². The van der Waals surface area contributed by atoms with Crippen molar-refractivity contribution in [3.05, 3.63) is 71.8 Å². The summed E-state index contributed by atoms with van der Waals surface area (Å²) in [7, 11) is 0. The summed E-state index contributed by atoms with van der Waals surface area (Å²) >= 11 is 0. The molecule has 0 aliphatic carbocycles. The van der Waals surface area contributed by atoms with E-state index in [1.807, 2.05) is 13.8 Å². The van der Waals surface area contributed by atoms with Gasteiger partial charge in [0.15, 0.2) is 5.96 Å². The van der Waals surface area contributed by atoms with E-state index >= 15 is 0 Å². The van der Waals surface area contributed by atoms with Gasteiger partial charge >= 0.3 is 5.97 Å². The highest BCUT2D eigenvalue weighted by Gasteiger charge is 2.36. The topological polar surface area (TPSA) is 488 Å². The second kappa shape index (κ2) is 39.1. The molecule has 0 bridgehead atoms. The van der Waals surface area contributed by atoms with E-state index in [9.17, 15) is 62.6 Å². The van der Waals surface area contributed by atoms with Crippen LogP contribution in [0, 0.1) is 11.8 Å². The molecule has 29 heteroatoms. The first-order valence-electron chi connectivity index (χ1n) is 29.8. The number of amides is 11. The number of nitrogens with two attached hydrogens (primary N) is 5. The van der Waals surface area contributed by atoms with Gasteiger partial charge in [-0.15, -0.1) is 0 Å². The van der Waals surface area contributed by atoms with Crippen molar-refractivity contribution in [2.75, 3.05) is 26.2 Å². The zero-order valence-electron chi connectivity index (χ0n) is 50.7. The molecule has 1 aliphatic rings. The van der Waals surface area contributed by atoms with E-state index in [-0.39, 0.29) is 114 Å². The number of hydrogen-bond acceptors (Lipinski definition) is 15. The lowest BCUT2D eigenvalue weighted by atomic mass is 10.0. The highest BCUT2D eigenvalue weighted by atomic mass is 16.4. The van der Waals surface area contributed by atoms with Crippen molar-refractivity contribution in [2.24, 2.45) is 45.5 Å². The maximum atomic E-state index is 14.6. The number of rotatable bonds is 41. The van der Waals surface area contributed by atoms with Gasteiger partial charge in [0.2, 0.25) is 65.0 Å². The van der Waals surface area contributed by atoms with Crippen LogP contribution in [0.2, 0.25) is 0 Å². The molecule has 0 unspecified atom stereocenters. The molecular formula is C59H92N16O13. The Bertz CT molecular complexity index is 2680. The number of primary amides is 1. The fourth-order valence-corrected chi connectivity index (χ4v) is 9.47. The molecule has 1 saturated heterocycles. The van der Waals surface area contributed by atoms with Crippen LogP contribution in [0.3, 0.4) is 0 Å². The van der Waals surface area contributed by atoms with Gasteiger partial charge < -0.3 is 86.9 Å². The van der Waals surface area contributed by atoms with Crippen molar-refractivity contribution in [1.29, 1.82) is 0 Å². The number of nitrogens with zero attached hydrogens (tertiary/aromatic N) is 1.